The van der Waals surface area contributed by atoms with Gasteiger partial charge >= 0.3 is 0 Å². The number of nitrogens with one attached hydrogen (secondary N) is 1. The van der Waals surface area contributed by atoms with E-state index in [4.69, 9.17) is 4.84 Å². The molecule has 52 valence electrons. The summed E-state index contributed by atoms with van der Waals surface area (Å²) in [5.74, 6) is 0. The Kier molecular flexibility index (Phi) is 1.24. The maximum absolute atomic E-state index is 5.31. The molecular formula is C7H13NO. The molecule has 1 heterocycles. The zero-order valence-electron chi connectivity index (χ0n) is 5.65. The molecule has 0 atom stereocenters. The van der Waals surface area contributed by atoms with Gasteiger partial charge in [-0.15, -0.1) is 0 Å². The Morgan fingerprint density at radius 1 is 1.11 bits per heavy atom. The van der Waals surface area contributed by atoms with Gasteiger partial charge in [0.1, 0.15) is 5.60 Å². The van der Waals surface area contributed by atoms with Crippen molar-refractivity contribution in [2.75, 3.05) is 6.54 Å². The van der Waals surface area contributed by atoms with Crippen molar-refractivity contribution in [3.63, 3.8) is 0 Å². The first kappa shape index (κ1) is 5.69. The van der Waals surface area contributed by atoms with Crippen molar-refractivity contribution in [2.45, 2.75) is 37.7 Å². The maximum Gasteiger partial charge on any atom is 0.104 e. The molecule has 1 saturated carbocycles. The first-order valence-corrected chi connectivity index (χ1v) is 3.82. The summed E-state index contributed by atoms with van der Waals surface area (Å²) in [6, 6.07) is 0. The highest BCUT2D eigenvalue weighted by Gasteiger charge is 2.39. The van der Waals surface area contributed by atoms with Crippen LogP contribution in [-0.2, 0) is 4.84 Å². The van der Waals surface area contributed by atoms with Crippen LogP contribution < -0.4 is 5.48 Å². The molecule has 2 nitrogen and oxygen atoms in total. The quantitative estimate of drug-likeness (QED) is 0.528. The van der Waals surface area contributed by atoms with E-state index in [1.165, 1.54) is 32.1 Å². The fourth-order valence-electron chi connectivity index (χ4n) is 1.75. The summed E-state index contributed by atoms with van der Waals surface area (Å²) in [7, 11) is 0. The van der Waals surface area contributed by atoms with E-state index in [1.807, 2.05) is 0 Å². The second-order valence-corrected chi connectivity index (χ2v) is 3.17. The molecule has 2 aliphatic rings. The number of hydrogen-bond donors (Lipinski definition) is 1. The third-order valence-corrected chi connectivity index (χ3v) is 2.45. The second kappa shape index (κ2) is 1.96. The fourth-order valence-corrected chi connectivity index (χ4v) is 1.75. The molecule has 2 fully saturated rings. The molecule has 0 unspecified atom stereocenters. The highest BCUT2D eigenvalue weighted by molar-refractivity contribution is 4.89. The summed E-state index contributed by atoms with van der Waals surface area (Å²) in [6.07, 6.45) is 6.69. The Morgan fingerprint density at radius 3 is 2.11 bits per heavy atom. The summed E-state index contributed by atoms with van der Waals surface area (Å²) >= 11 is 0. The SMILES string of the molecule is C1CCC2(CC1)CNO2. The minimum absolute atomic E-state index is 0.290. The average Bonchev–Trinajstić information content (AvgIpc) is 1.87. The number of hydroxylamine groups is 1. The molecule has 0 aromatic rings. The lowest BCUT2D eigenvalue weighted by Gasteiger charge is -2.44. The van der Waals surface area contributed by atoms with Crippen LogP contribution >= 0.6 is 0 Å². The van der Waals surface area contributed by atoms with E-state index in [0.717, 1.165) is 6.54 Å². The van der Waals surface area contributed by atoms with Gasteiger partial charge in [0.2, 0.25) is 0 Å². The summed E-state index contributed by atoms with van der Waals surface area (Å²) in [5.41, 5.74) is 3.16. The van der Waals surface area contributed by atoms with Gasteiger partial charge in [0.05, 0.1) is 6.54 Å². The summed E-state index contributed by atoms with van der Waals surface area (Å²) in [5, 5.41) is 0. The Bertz CT molecular complexity index is 101. The minimum Gasteiger partial charge on any atom is -0.294 e. The molecule has 0 aromatic heterocycles. The molecule has 9 heavy (non-hydrogen) atoms. The van der Waals surface area contributed by atoms with Crippen LogP contribution in [0.5, 0.6) is 0 Å². The Labute approximate surface area is 55.5 Å². The number of rotatable bonds is 0. The van der Waals surface area contributed by atoms with Crippen LogP contribution in [0.25, 0.3) is 0 Å². The van der Waals surface area contributed by atoms with Crippen LogP contribution in [0.3, 0.4) is 0 Å². The normalized spacial score (nSPS) is 32.0. The Balaban J connectivity index is 1.93. The molecule has 0 amide bonds. The standard InChI is InChI=1S/C7H13NO/c1-2-4-7(5-3-1)6-8-9-7/h8H,1-6H2. The number of hydrogen-bond acceptors (Lipinski definition) is 2. The highest BCUT2D eigenvalue weighted by atomic mass is 16.7. The summed E-state index contributed by atoms with van der Waals surface area (Å²) < 4.78 is 0. The smallest absolute Gasteiger partial charge is 0.104 e. The lowest BCUT2D eigenvalue weighted by atomic mass is 9.84. The Hall–Kier alpha value is -0.0800. The van der Waals surface area contributed by atoms with Crippen LogP contribution in [-0.4, -0.2) is 12.1 Å². The zero-order valence-corrected chi connectivity index (χ0v) is 5.65. The van der Waals surface area contributed by atoms with Crippen LogP contribution in [0.1, 0.15) is 32.1 Å². The molecule has 1 N–H and O–H groups in total. The van der Waals surface area contributed by atoms with Gasteiger partial charge in [-0.25, -0.2) is 0 Å². The first-order chi connectivity index (χ1) is 4.41. The first-order valence-electron chi connectivity index (χ1n) is 3.82. The molecule has 1 saturated heterocycles. The molecule has 0 radical (unpaired) electrons. The van der Waals surface area contributed by atoms with Crippen LogP contribution in [0.15, 0.2) is 0 Å². The van der Waals surface area contributed by atoms with Crippen molar-refractivity contribution in [2.24, 2.45) is 0 Å². The van der Waals surface area contributed by atoms with Gasteiger partial charge in [-0.1, -0.05) is 19.3 Å². The molecule has 1 aliphatic heterocycles. The van der Waals surface area contributed by atoms with E-state index in [0.29, 0.717) is 0 Å². The predicted molar refractivity (Wildman–Crippen MR) is 34.9 cm³/mol. The van der Waals surface area contributed by atoms with E-state index >= 15 is 0 Å². The van der Waals surface area contributed by atoms with E-state index in [-0.39, 0.29) is 5.60 Å². The molecule has 2 heteroatoms. The van der Waals surface area contributed by atoms with Crippen molar-refractivity contribution in [1.82, 2.24) is 5.48 Å². The van der Waals surface area contributed by atoms with Crippen LogP contribution in [0.2, 0.25) is 0 Å². The van der Waals surface area contributed by atoms with Crippen molar-refractivity contribution >= 4 is 0 Å². The fraction of sp³-hybridized carbons (Fsp3) is 1.00. The molecule has 1 spiro atoms. The Morgan fingerprint density at radius 2 is 1.78 bits per heavy atom. The third-order valence-electron chi connectivity index (χ3n) is 2.45. The highest BCUT2D eigenvalue weighted by Crippen LogP contribution is 2.34. The van der Waals surface area contributed by atoms with E-state index in [2.05, 4.69) is 5.48 Å². The van der Waals surface area contributed by atoms with Gasteiger partial charge in [-0.05, 0) is 12.8 Å². The topological polar surface area (TPSA) is 21.3 Å². The summed E-state index contributed by atoms with van der Waals surface area (Å²) in [6.45, 7) is 1.09. The lowest BCUT2D eigenvalue weighted by molar-refractivity contribution is -0.218. The molecule has 0 aromatic carbocycles. The molecular weight excluding hydrogens is 114 g/mol. The maximum atomic E-state index is 5.31. The monoisotopic (exact) mass is 127 g/mol. The molecule has 0 bridgehead atoms. The van der Waals surface area contributed by atoms with Crippen LogP contribution in [0.4, 0.5) is 0 Å². The van der Waals surface area contributed by atoms with Crippen molar-refractivity contribution in [3.8, 4) is 0 Å². The predicted octanol–water partition coefficient (Wildman–Crippen LogP) is 1.22. The zero-order chi connectivity index (χ0) is 6.16. The van der Waals surface area contributed by atoms with Gasteiger partial charge in [-0.2, -0.15) is 5.48 Å². The second-order valence-electron chi connectivity index (χ2n) is 3.17. The third kappa shape index (κ3) is 0.864. The van der Waals surface area contributed by atoms with E-state index < -0.39 is 0 Å². The van der Waals surface area contributed by atoms with Gasteiger partial charge in [0.15, 0.2) is 0 Å². The van der Waals surface area contributed by atoms with E-state index in [9.17, 15) is 0 Å². The van der Waals surface area contributed by atoms with Crippen molar-refractivity contribution < 1.29 is 4.84 Å². The minimum atomic E-state index is 0.290. The van der Waals surface area contributed by atoms with Crippen LogP contribution in [0, 0.1) is 0 Å². The van der Waals surface area contributed by atoms with Gasteiger partial charge < -0.3 is 0 Å². The van der Waals surface area contributed by atoms with E-state index in [1.54, 1.807) is 0 Å². The summed E-state index contributed by atoms with van der Waals surface area (Å²) in [4.78, 5) is 5.31. The van der Waals surface area contributed by atoms with Crippen molar-refractivity contribution in [3.05, 3.63) is 0 Å². The largest absolute Gasteiger partial charge is 0.294 e. The molecule has 2 rings (SSSR count). The van der Waals surface area contributed by atoms with Gasteiger partial charge in [0.25, 0.3) is 0 Å². The lowest BCUT2D eigenvalue weighted by Crippen LogP contribution is -2.57. The van der Waals surface area contributed by atoms with Gasteiger partial charge in [0, 0.05) is 0 Å². The van der Waals surface area contributed by atoms with Crippen molar-refractivity contribution in [1.29, 1.82) is 0 Å². The molecule has 1 aliphatic carbocycles. The van der Waals surface area contributed by atoms with Gasteiger partial charge in [-0.3, -0.25) is 4.84 Å². The average molecular weight is 127 g/mol.